The lowest BCUT2D eigenvalue weighted by Gasteiger charge is -2.05. The first-order valence-corrected chi connectivity index (χ1v) is 8.09. The highest BCUT2D eigenvalue weighted by Gasteiger charge is 2.18. The number of nitrogens with one attached hydrogen (secondary N) is 1. The second-order valence-electron chi connectivity index (χ2n) is 4.43. The van der Waals surface area contributed by atoms with Crippen molar-refractivity contribution in [2.45, 2.75) is 19.8 Å². The maximum absolute atomic E-state index is 11.9. The van der Waals surface area contributed by atoms with Gasteiger partial charge in [0, 0.05) is 19.8 Å². The summed E-state index contributed by atoms with van der Waals surface area (Å²) in [4.78, 5) is 11.9. The van der Waals surface area contributed by atoms with Crippen molar-refractivity contribution in [1.29, 1.82) is 0 Å². The summed E-state index contributed by atoms with van der Waals surface area (Å²) in [6.45, 7) is 2.20. The van der Waals surface area contributed by atoms with E-state index in [9.17, 15) is 13.2 Å². The van der Waals surface area contributed by atoms with Crippen molar-refractivity contribution < 1.29 is 13.2 Å². The molecule has 0 aliphatic carbocycles. The van der Waals surface area contributed by atoms with Gasteiger partial charge in [0.1, 0.15) is 15.5 Å². The van der Waals surface area contributed by atoms with E-state index in [-0.39, 0.29) is 18.2 Å². The Balaban J connectivity index is 2.62. The lowest BCUT2D eigenvalue weighted by Crippen LogP contribution is -2.28. The molecule has 0 aliphatic rings. The Hall–Kier alpha value is -1.57. The SMILES string of the molecule is CCc1nn(C)c(C(=O)NCCCS(C)(=O)=O)c1N. The molecule has 7 nitrogen and oxygen atoms in total. The molecule has 1 aromatic heterocycles. The molecule has 1 heterocycles. The van der Waals surface area contributed by atoms with Crippen molar-refractivity contribution in [1.82, 2.24) is 15.1 Å². The van der Waals surface area contributed by atoms with Crippen LogP contribution in [0.15, 0.2) is 0 Å². The summed E-state index contributed by atoms with van der Waals surface area (Å²) in [7, 11) is -1.34. The lowest BCUT2D eigenvalue weighted by molar-refractivity contribution is 0.0945. The van der Waals surface area contributed by atoms with E-state index in [0.717, 1.165) is 0 Å². The third-order valence-electron chi connectivity index (χ3n) is 2.69. The first-order valence-electron chi connectivity index (χ1n) is 6.03. The average molecular weight is 288 g/mol. The number of anilines is 1. The number of aryl methyl sites for hydroxylation is 2. The number of carbonyl (C=O) groups is 1. The minimum atomic E-state index is -3.00. The molecule has 0 saturated carbocycles. The largest absolute Gasteiger partial charge is 0.395 e. The van der Waals surface area contributed by atoms with E-state index in [1.807, 2.05) is 6.92 Å². The monoisotopic (exact) mass is 288 g/mol. The standard InChI is InChI=1S/C11H20N4O3S/c1-4-8-9(12)10(15(2)14-8)11(16)13-6-5-7-19(3,17)18/h4-7,12H2,1-3H3,(H,13,16). The Bertz CT molecular complexity index is 563. The van der Waals surface area contributed by atoms with Crippen LogP contribution in [-0.2, 0) is 23.3 Å². The van der Waals surface area contributed by atoms with Crippen LogP contribution < -0.4 is 11.1 Å². The summed E-state index contributed by atoms with van der Waals surface area (Å²) in [6.07, 6.45) is 2.20. The zero-order valence-electron chi connectivity index (χ0n) is 11.4. The summed E-state index contributed by atoms with van der Waals surface area (Å²) in [5.41, 5.74) is 7.23. The third kappa shape index (κ3) is 4.23. The maximum Gasteiger partial charge on any atom is 0.271 e. The van der Waals surface area contributed by atoms with Crippen LogP contribution in [0, 0.1) is 0 Å². The average Bonchev–Trinajstić information content (AvgIpc) is 2.58. The highest BCUT2D eigenvalue weighted by Crippen LogP contribution is 2.16. The van der Waals surface area contributed by atoms with Gasteiger partial charge in [0.15, 0.2) is 0 Å². The molecule has 1 amide bonds. The fourth-order valence-electron chi connectivity index (χ4n) is 1.75. The zero-order valence-corrected chi connectivity index (χ0v) is 12.2. The van der Waals surface area contributed by atoms with E-state index in [1.54, 1.807) is 7.05 Å². The van der Waals surface area contributed by atoms with Crippen LogP contribution in [0.3, 0.4) is 0 Å². The molecule has 0 saturated heterocycles. The Morgan fingerprint density at radius 2 is 2.11 bits per heavy atom. The van der Waals surface area contributed by atoms with Gasteiger partial charge < -0.3 is 11.1 Å². The molecule has 19 heavy (non-hydrogen) atoms. The van der Waals surface area contributed by atoms with Crippen LogP contribution >= 0.6 is 0 Å². The van der Waals surface area contributed by atoms with Crippen molar-refractivity contribution in [3.63, 3.8) is 0 Å². The van der Waals surface area contributed by atoms with Crippen molar-refractivity contribution in [2.75, 3.05) is 24.3 Å². The summed E-state index contributed by atoms with van der Waals surface area (Å²) < 4.78 is 23.3. The van der Waals surface area contributed by atoms with E-state index in [2.05, 4.69) is 10.4 Å². The molecule has 3 N–H and O–H groups in total. The van der Waals surface area contributed by atoms with Gasteiger partial charge in [0.25, 0.3) is 5.91 Å². The van der Waals surface area contributed by atoms with E-state index in [0.29, 0.717) is 29.9 Å². The van der Waals surface area contributed by atoms with Gasteiger partial charge in [-0.2, -0.15) is 5.10 Å². The molecule has 108 valence electrons. The molecular formula is C11H20N4O3S. The maximum atomic E-state index is 11.9. The number of nitrogens with zero attached hydrogens (tertiary/aromatic N) is 2. The number of nitrogen functional groups attached to an aromatic ring is 1. The van der Waals surface area contributed by atoms with E-state index in [4.69, 9.17) is 5.73 Å². The molecule has 8 heteroatoms. The Labute approximate surface area is 113 Å². The highest BCUT2D eigenvalue weighted by molar-refractivity contribution is 7.90. The number of carbonyl (C=O) groups excluding carboxylic acids is 1. The Morgan fingerprint density at radius 3 is 2.58 bits per heavy atom. The molecule has 0 unspecified atom stereocenters. The van der Waals surface area contributed by atoms with Gasteiger partial charge in [-0.05, 0) is 12.8 Å². The number of rotatable bonds is 6. The second-order valence-corrected chi connectivity index (χ2v) is 6.69. The number of aromatic nitrogens is 2. The van der Waals surface area contributed by atoms with Gasteiger partial charge in [0.2, 0.25) is 0 Å². The first kappa shape index (κ1) is 15.5. The van der Waals surface area contributed by atoms with Crippen LogP contribution in [0.4, 0.5) is 5.69 Å². The molecule has 0 atom stereocenters. The fraction of sp³-hybridized carbons (Fsp3) is 0.636. The molecule has 0 aromatic carbocycles. The van der Waals surface area contributed by atoms with Crippen molar-refractivity contribution in [2.24, 2.45) is 7.05 Å². The topological polar surface area (TPSA) is 107 Å². The fourth-order valence-corrected chi connectivity index (χ4v) is 2.42. The number of hydrogen-bond donors (Lipinski definition) is 2. The van der Waals surface area contributed by atoms with Gasteiger partial charge in [-0.1, -0.05) is 6.92 Å². The van der Waals surface area contributed by atoms with Crippen LogP contribution in [0.25, 0.3) is 0 Å². The minimum Gasteiger partial charge on any atom is -0.395 e. The Morgan fingerprint density at radius 1 is 1.47 bits per heavy atom. The molecule has 0 radical (unpaired) electrons. The zero-order chi connectivity index (χ0) is 14.6. The van der Waals surface area contributed by atoms with Crippen LogP contribution in [-0.4, -0.2) is 42.7 Å². The molecular weight excluding hydrogens is 268 g/mol. The van der Waals surface area contributed by atoms with Crippen LogP contribution in [0.2, 0.25) is 0 Å². The first-order chi connectivity index (χ1) is 8.76. The summed E-state index contributed by atoms with van der Waals surface area (Å²) in [6, 6.07) is 0. The van der Waals surface area contributed by atoms with Gasteiger partial charge in [-0.25, -0.2) is 8.42 Å². The molecule has 1 aromatic rings. The predicted molar refractivity (Wildman–Crippen MR) is 73.7 cm³/mol. The van der Waals surface area contributed by atoms with Gasteiger partial charge in [-0.3, -0.25) is 9.48 Å². The summed E-state index contributed by atoms with van der Waals surface area (Å²) in [5.74, 6) is -0.283. The normalized spacial score (nSPS) is 11.5. The predicted octanol–water partition coefficient (Wildman–Crippen LogP) is -0.271. The van der Waals surface area contributed by atoms with E-state index in [1.165, 1.54) is 10.9 Å². The Kier molecular flexibility index (Phi) is 4.93. The number of sulfone groups is 1. The number of nitrogens with two attached hydrogens (primary N) is 1. The summed E-state index contributed by atoms with van der Waals surface area (Å²) >= 11 is 0. The van der Waals surface area contributed by atoms with Crippen molar-refractivity contribution >= 4 is 21.4 Å². The molecule has 0 fully saturated rings. The smallest absolute Gasteiger partial charge is 0.271 e. The quantitative estimate of drug-likeness (QED) is 0.701. The van der Waals surface area contributed by atoms with E-state index < -0.39 is 9.84 Å². The van der Waals surface area contributed by atoms with Gasteiger partial charge in [-0.15, -0.1) is 0 Å². The third-order valence-corrected chi connectivity index (χ3v) is 3.72. The van der Waals surface area contributed by atoms with Crippen LogP contribution in [0.5, 0.6) is 0 Å². The molecule has 0 spiro atoms. The number of amides is 1. The second kappa shape index (κ2) is 6.05. The molecule has 1 rings (SSSR count). The van der Waals surface area contributed by atoms with Gasteiger partial charge >= 0.3 is 0 Å². The number of hydrogen-bond acceptors (Lipinski definition) is 5. The molecule has 0 bridgehead atoms. The van der Waals surface area contributed by atoms with Gasteiger partial charge in [0.05, 0.1) is 17.1 Å². The lowest BCUT2D eigenvalue weighted by atomic mass is 10.2. The summed E-state index contributed by atoms with van der Waals surface area (Å²) in [5, 5.41) is 6.80. The van der Waals surface area contributed by atoms with Crippen LogP contribution in [0.1, 0.15) is 29.5 Å². The minimum absolute atomic E-state index is 0.0500. The van der Waals surface area contributed by atoms with Crippen molar-refractivity contribution in [3.05, 3.63) is 11.4 Å². The van der Waals surface area contributed by atoms with E-state index >= 15 is 0 Å². The van der Waals surface area contributed by atoms with Crippen molar-refractivity contribution in [3.8, 4) is 0 Å². The highest BCUT2D eigenvalue weighted by atomic mass is 32.2. The molecule has 0 aliphatic heterocycles.